The average Bonchev–Trinajstić information content (AvgIpc) is 2.31. The first-order valence-corrected chi connectivity index (χ1v) is 6.81. The van der Waals surface area contributed by atoms with Crippen molar-refractivity contribution in [1.29, 1.82) is 0 Å². The summed E-state index contributed by atoms with van der Waals surface area (Å²) in [6, 6.07) is 0.388. The number of nitrogens with zero attached hydrogens (tertiary/aromatic N) is 1. The molecule has 0 bridgehead atoms. The van der Waals surface area contributed by atoms with Crippen LogP contribution in [0.3, 0.4) is 0 Å². The predicted octanol–water partition coefficient (Wildman–Crippen LogP) is 1.39. The van der Waals surface area contributed by atoms with Gasteiger partial charge < -0.3 is 10.4 Å². The largest absolute Gasteiger partial charge is 0.395 e. The summed E-state index contributed by atoms with van der Waals surface area (Å²) >= 11 is 0. The number of hydrogen-bond donors (Lipinski definition) is 2. The second-order valence-electron chi connectivity index (χ2n) is 4.37. The number of aliphatic hydroxyl groups excluding tert-OH is 1. The molecule has 17 heavy (non-hydrogen) atoms. The fourth-order valence-corrected chi connectivity index (χ4v) is 1.97. The zero-order valence-electron chi connectivity index (χ0n) is 11.5. The minimum absolute atomic E-state index is 0.0683. The molecular formula is C13H28N2O2. The number of unbranched alkanes of at least 4 members (excludes halogenated alkanes) is 1. The topological polar surface area (TPSA) is 52.6 Å². The monoisotopic (exact) mass is 244 g/mol. The molecule has 0 aliphatic rings. The highest BCUT2D eigenvalue weighted by Gasteiger charge is 2.17. The van der Waals surface area contributed by atoms with Crippen LogP contribution in [0.25, 0.3) is 0 Å². The molecule has 0 unspecified atom stereocenters. The molecule has 0 aliphatic carbocycles. The van der Waals surface area contributed by atoms with E-state index in [1.54, 1.807) is 0 Å². The standard InChI is InChI=1S/C13H28N2O2/c1-4-7-8-14-13(17)11-15(9-10-16)12(5-2)6-3/h12,16H,4-11H2,1-3H3,(H,14,17). The Balaban J connectivity index is 4.09. The van der Waals surface area contributed by atoms with Gasteiger partial charge in [0.2, 0.25) is 5.91 Å². The normalized spacial score (nSPS) is 11.2. The van der Waals surface area contributed by atoms with E-state index in [0.29, 0.717) is 19.1 Å². The maximum absolute atomic E-state index is 11.7. The maximum atomic E-state index is 11.7. The Morgan fingerprint density at radius 2 is 1.94 bits per heavy atom. The van der Waals surface area contributed by atoms with Crippen molar-refractivity contribution in [2.45, 2.75) is 52.5 Å². The fourth-order valence-electron chi connectivity index (χ4n) is 1.97. The van der Waals surface area contributed by atoms with Gasteiger partial charge in [0.25, 0.3) is 0 Å². The molecular weight excluding hydrogens is 216 g/mol. The van der Waals surface area contributed by atoms with Crippen molar-refractivity contribution < 1.29 is 9.90 Å². The molecule has 0 heterocycles. The van der Waals surface area contributed by atoms with E-state index in [1.807, 2.05) is 0 Å². The summed E-state index contributed by atoms with van der Waals surface area (Å²) < 4.78 is 0. The summed E-state index contributed by atoms with van der Waals surface area (Å²) in [5, 5.41) is 11.9. The van der Waals surface area contributed by atoms with Gasteiger partial charge in [0.15, 0.2) is 0 Å². The van der Waals surface area contributed by atoms with Crippen LogP contribution in [0.15, 0.2) is 0 Å². The molecule has 4 heteroatoms. The molecule has 0 rings (SSSR count). The molecule has 4 nitrogen and oxygen atoms in total. The molecule has 102 valence electrons. The van der Waals surface area contributed by atoms with E-state index in [2.05, 4.69) is 31.0 Å². The zero-order chi connectivity index (χ0) is 13.1. The van der Waals surface area contributed by atoms with E-state index in [1.165, 1.54) is 0 Å². The number of carbonyl (C=O) groups excluding carboxylic acids is 1. The number of nitrogens with one attached hydrogen (secondary N) is 1. The fraction of sp³-hybridized carbons (Fsp3) is 0.923. The molecule has 0 aromatic heterocycles. The van der Waals surface area contributed by atoms with Gasteiger partial charge in [-0.3, -0.25) is 9.69 Å². The lowest BCUT2D eigenvalue weighted by atomic mass is 10.1. The van der Waals surface area contributed by atoms with Crippen LogP contribution in [0.1, 0.15) is 46.5 Å². The molecule has 0 radical (unpaired) electrons. The lowest BCUT2D eigenvalue weighted by Crippen LogP contribution is -2.44. The first-order chi connectivity index (χ1) is 8.19. The second kappa shape index (κ2) is 10.5. The SMILES string of the molecule is CCCCNC(=O)CN(CCO)C(CC)CC. The quantitative estimate of drug-likeness (QED) is 0.571. The third-order valence-electron chi connectivity index (χ3n) is 3.05. The van der Waals surface area contributed by atoms with Gasteiger partial charge in [-0.05, 0) is 19.3 Å². The van der Waals surface area contributed by atoms with Crippen LogP contribution in [0.5, 0.6) is 0 Å². The second-order valence-corrected chi connectivity index (χ2v) is 4.37. The van der Waals surface area contributed by atoms with Crippen molar-refractivity contribution in [2.24, 2.45) is 0 Å². The van der Waals surface area contributed by atoms with Gasteiger partial charge in [-0.25, -0.2) is 0 Å². The number of hydrogen-bond acceptors (Lipinski definition) is 3. The van der Waals surface area contributed by atoms with E-state index in [0.717, 1.165) is 32.2 Å². The Hall–Kier alpha value is -0.610. The Morgan fingerprint density at radius 1 is 1.29 bits per heavy atom. The smallest absolute Gasteiger partial charge is 0.234 e. The van der Waals surface area contributed by atoms with Crippen molar-refractivity contribution in [3.8, 4) is 0 Å². The van der Waals surface area contributed by atoms with Gasteiger partial charge in [0.1, 0.15) is 0 Å². The number of amides is 1. The van der Waals surface area contributed by atoms with Gasteiger partial charge in [-0.2, -0.15) is 0 Å². The van der Waals surface area contributed by atoms with Crippen LogP contribution in [0, 0.1) is 0 Å². The summed E-state index contributed by atoms with van der Waals surface area (Å²) in [5.74, 6) is 0.0683. The van der Waals surface area contributed by atoms with Crippen molar-refractivity contribution in [3.05, 3.63) is 0 Å². The minimum Gasteiger partial charge on any atom is -0.395 e. The zero-order valence-corrected chi connectivity index (χ0v) is 11.5. The number of carbonyl (C=O) groups is 1. The molecule has 0 spiro atoms. The minimum atomic E-state index is 0.0683. The molecule has 1 amide bonds. The van der Waals surface area contributed by atoms with Gasteiger partial charge >= 0.3 is 0 Å². The first kappa shape index (κ1) is 16.4. The summed E-state index contributed by atoms with van der Waals surface area (Å²) in [5.41, 5.74) is 0. The van der Waals surface area contributed by atoms with Gasteiger partial charge in [-0.1, -0.05) is 27.2 Å². The highest BCUT2D eigenvalue weighted by Crippen LogP contribution is 2.07. The third kappa shape index (κ3) is 7.34. The Kier molecular flexibility index (Phi) is 10.2. The van der Waals surface area contributed by atoms with Crippen LogP contribution >= 0.6 is 0 Å². The first-order valence-electron chi connectivity index (χ1n) is 6.81. The Bertz CT molecular complexity index is 194. The summed E-state index contributed by atoms with van der Waals surface area (Å²) in [4.78, 5) is 13.8. The molecule has 0 fully saturated rings. The molecule has 0 aliphatic heterocycles. The Morgan fingerprint density at radius 3 is 2.41 bits per heavy atom. The van der Waals surface area contributed by atoms with Crippen LogP contribution in [0.2, 0.25) is 0 Å². The molecule has 0 aromatic carbocycles. The van der Waals surface area contributed by atoms with E-state index >= 15 is 0 Å². The average molecular weight is 244 g/mol. The van der Waals surface area contributed by atoms with E-state index in [-0.39, 0.29) is 12.5 Å². The lowest BCUT2D eigenvalue weighted by molar-refractivity contribution is -0.123. The molecule has 0 saturated carbocycles. The van der Waals surface area contributed by atoms with Crippen molar-refractivity contribution >= 4 is 5.91 Å². The number of rotatable bonds is 10. The Labute approximate surface area is 105 Å². The van der Waals surface area contributed by atoms with Crippen molar-refractivity contribution in [2.75, 3.05) is 26.2 Å². The van der Waals surface area contributed by atoms with Crippen molar-refractivity contribution in [3.63, 3.8) is 0 Å². The summed E-state index contributed by atoms with van der Waals surface area (Å²) in [6.07, 6.45) is 4.14. The summed E-state index contributed by atoms with van der Waals surface area (Å²) in [6.45, 7) is 8.18. The molecule has 2 N–H and O–H groups in total. The van der Waals surface area contributed by atoms with Gasteiger partial charge in [0, 0.05) is 19.1 Å². The van der Waals surface area contributed by atoms with Crippen LogP contribution < -0.4 is 5.32 Å². The van der Waals surface area contributed by atoms with Gasteiger partial charge in [-0.15, -0.1) is 0 Å². The van der Waals surface area contributed by atoms with Crippen molar-refractivity contribution in [1.82, 2.24) is 10.2 Å². The highest BCUT2D eigenvalue weighted by molar-refractivity contribution is 5.78. The molecule has 0 saturated heterocycles. The van der Waals surface area contributed by atoms with E-state index < -0.39 is 0 Å². The number of aliphatic hydroxyl groups is 1. The maximum Gasteiger partial charge on any atom is 0.234 e. The van der Waals surface area contributed by atoms with Crippen LogP contribution in [-0.4, -0.2) is 48.2 Å². The lowest BCUT2D eigenvalue weighted by Gasteiger charge is -2.29. The third-order valence-corrected chi connectivity index (χ3v) is 3.05. The van der Waals surface area contributed by atoms with Gasteiger partial charge in [0.05, 0.1) is 13.2 Å². The van der Waals surface area contributed by atoms with Crippen LogP contribution in [-0.2, 0) is 4.79 Å². The van der Waals surface area contributed by atoms with E-state index in [4.69, 9.17) is 5.11 Å². The van der Waals surface area contributed by atoms with Crippen LogP contribution in [0.4, 0.5) is 0 Å². The predicted molar refractivity (Wildman–Crippen MR) is 70.9 cm³/mol. The van der Waals surface area contributed by atoms with E-state index in [9.17, 15) is 4.79 Å². The summed E-state index contributed by atoms with van der Waals surface area (Å²) in [7, 11) is 0. The molecule has 0 atom stereocenters. The molecule has 0 aromatic rings. The highest BCUT2D eigenvalue weighted by atomic mass is 16.3.